The normalized spacial score (nSPS) is 18.1. The van der Waals surface area contributed by atoms with E-state index in [4.69, 9.17) is 4.65 Å². The molecule has 4 rings (SSSR count). The van der Waals surface area contributed by atoms with Crippen molar-refractivity contribution in [3.8, 4) is 5.75 Å². The van der Waals surface area contributed by atoms with Crippen molar-refractivity contribution < 1.29 is 48.3 Å². The Kier molecular flexibility index (Phi) is 7.98. The third-order valence-corrected chi connectivity index (χ3v) is 7.42. The summed E-state index contributed by atoms with van der Waals surface area (Å²) in [6.45, 7) is 0.583. The number of para-hydroxylation sites is 1. The predicted octanol–water partition coefficient (Wildman–Crippen LogP) is -0.164. The van der Waals surface area contributed by atoms with Gasteiger partial charge in [0.1, 0.15) is 11.8 Å². The predicted molar refractivity (Wildman–Crippen MR) is 136 cm³/mol. The number of rotatable bonds is 6. The Morgan fingerprint density at radius 2 is 1.82 bits per heavy atom. The summed E-state index contributed by atoms with van der Waals surface area (Å²) < 4.78 is 17.0. The lowest BCUT2D eigenvalue weighted by Gasteiger charge is -2.33. The van der Waals surface area contributed by atoms with Gasteiger partial charge in [-0.1, -0.05) is 24.3 Å². The van der Waals surface area contributed by atoms with Crippen molar-refractivity contribution >= 4 is 44.0 Å². The van der Waals surface area contributed by atoms with E-state index in [1.165, 1.54) is 36.2 Å². The molecule has 2 aromatic carbocycles. The van der Waals surface area contributed by atoms with E-state index in [-0.39, 0.29) is 35.1 Å². The number of hydrogen-bond donors (Lipinski definition) is 6. The molecule has 206 valence electrons. The number of carboxylic acids is 1. The number of imide groups is 1. The average Bonchev–Trinajstić information content (AvgIpc) is 2.88. The minimum atomic E-state index is -4.57. The molecular weight excluding hydrogens is 534 g/mol. The van der Waals surface area contributed by atoms with Crippen LogP contribution in [0.5, 0.6) is 5.75 Å². The molecule has 0 aromatic heterocycles. The summed E-state index contributed by atoms with van der Waals surface area (Å²) in [6, 6.07) is 6.30. The molecule has 0 saturated carbocycles. The number of amides is 5. The van der Waals surface area contributed by atoms with Gasteiger partial charge in [-0.05, 0) is 42.2 Å². The third-order valence-electron chi connectivity index (χ3n) is 6.45. The van der Waals surface area contributed by atoms with Gasteiger partial charge in [0.05, 0.1) is 16.8 Å². The van der Waals surface area contributed by atoms with E-state index in [2.05, 4.69) is 10.6 Å². The first kappa shape index (κ1) is 28.1. The fourth-order valence-corrected chi connectivity index (χ4v) is 4.93. The van der Waals surface area contributed by atoms with Crippen LogP contribution in [0.25, 0.3) is 0 Å². The molecular formula is C23H26BN4O10P. The molecule has 0 spiro atoms. The van der Waals surface area contributed by atoms with Crippen molar-refractivity contribution in [3.05, 3.63) is 59.2 Å². The van der Waals surface area contributed by atoms with Gasteiger partial charge in [0.25, 0.3) is 0 Å². The van der Waals surface area contributed by atoms with Crippen LogP contribution in [0.3, 0.4) is 0 Å². The van der Waals surface area contributed by atoms with Crippen molar-refractivity contribution in [3.63, 3.8) is 0 Å². The molecule has 14 nitrogen and oxygen atoms in total. The second kappa shape index (κ2) is 11.1. The fourth-order valence-electron chi connectivity index (χ4n) is 4.40. The molecule has 2 aliphatic rings. The van der Waals surface area contributed by atoms with Crippen LogP contribution in [-0.4, -0.2) is 86.9 Å². The van der Waals surface area contributed by atoms with Crippen molar-refractivity contribution in [2.24, 2.45) is 0 Å². The number of hydrogen-bond acceptors (Lipinski definition) is 7. The molecule has 1 unspecified atom stereocenters. The molecule has 0 radical (unpaired) electrons. The zero-order chi connectivity index (χ0) is 28.5. The molecule has 16 heteroatoms. The summed E-state index contributed by atoms with van der Waals surface area (Å²) in [7, 11) is -4.66. The molecule has 2 atom stereocenters. The van der Waals surface area contributed by atoms with E-state index < -0.39 is 50.6 Å². The maximum atomic E-state index is 13.4. The Bertz CT molecular complexity index is 1350. The Hall–Kier alpha value is -3.91. The Balaban J connectivity index is 1.59. The van der Waals surface area contributed by atoms with Crippen molar-refractivity contribution in [1.29, 1.82) is 0 Å². The summed E-state index contributed by atoms with van der Waals surface area (Å²) in [5, 5.41) is 24.7. The molecule has 2 aromatic rings. The van der Waals surface area contributed by atoms with E-state index in [1.54, 1.807) is 6.07 Å². The van der Waals surface area contributed by atoms with Gasteiger partial charge in [-0.2, -0.15) is 0 Å². The van der Waals surface area contributed by atoms with Crippen LogP contribution < -0.4 is 20.6 Å². The highest BCUT2D eigenvalue weighted by Gasteiger charge is 2.40. The summed E-state index contributed by atoms with van der Waals surface area (Å²) in [5.74, 6) is -3.12. The maximum Gasteiger partial charge on any atom is 0.547 e. The monoisotopic (exact) mass is 560 g/mol. The topological polar surface area (TPSA) is 206 Å². The fraction of sp³-hybridized carbons (Fsp3) is 0.304. The van der Waals surface area contributed by atoms with Gasteiger partial charge in [-0.25, -0.2) is 19.3 Å². The number of fused-ring (bicyclic) bond motifs is 1. The number of carbonyl (C=O) groups excluding carboxylic acids is 3. The van der Waals surface area contributed by atoms with Gasteiger partial charge >= 0.3 is 32.7 Å². The molecule has 1 saturated heterocycles. The molecule has 0 bridgehead atoms. The highest BCUT2D eigenvalue weighted by Crippen LogP contribution is 2.33. The largest absolute Gasteiger partial charge is 0.547 e. The zero-order valence-corrected chi connectivity index (χ0v) is 21.6. The number of aromatic carboxylic acids is 1. The van der Waals surface area contributed by atoms with E-state index in [0.717, 1.165) is 17.0 Å². The Labute approximate surface area is 222 Å². The lowest BCUT2D eigenvalue weighted by Crippen LogP contribution is -2.57. The van der Waals surface area contributed by atoms with Gasteiger partial charge in [0.2, 0.25) is 5.91 Å². The Morgan fingerprint density at radius 1 is 1.13 bits per heavy atom. The number of benzene rings is 2. The van der Waals surface area contributed by atoms with Gasteiger partial charge in [0, 0.05) is 20.1 Å². The maximum absolute atomic E-state index is 13.4. The summed E-state index contributed by atoms with van der Waals surface area (Å²) >= 11 is 0. The lowest BCUT2D eigenvalue weighted by molar-refractivity contribution is -0.123. The van der Waals surface area contributed by atoms with Crippen LogP contribution in [0.1, 0.15) is 33.9 Å². The third kappa shape index (κ3) is 6.07. The van der Waals surface area contributed by atoms with E-state index in [0.29, 0.717) is 18.5 Å². The summed E-state index contributed by atoms with van der Waals surface area (Å²) in [4.78, 5) is 71.5. The Morgan fingerprint density at radius 3 is 2.46 bits per heavy atom. The van der Waals surface area contributed by atoms with Crippen LogP contribution in [0, 0.1) is 0 Å². The minimum Gasteiger partial charge on any atom is -0.534 e. The van der Waals surface area contributed by atoms with Gasteiger partial charge < -0.3 is 40.1 Å². The molecule has 6 N–H and O–H groups in total. The first-order chi connectivity index (χ1) is 18.4. The number of urea groups is 2. The second-order valence-corrected chi connectivity index (χ2v) is 10.8. The van der Waals surface area contributed by atoms with Crippen LogP contribution in [0.4, 0.5) is 9.59 Å². The van der Waals surface area contributed by atoms with E-state index in [1.807, 2.05) is 0 Å². The standard InChI is InChI=1S/C23H26BN4O10P/c1-27-10-3-11-28(23(27)33)22(32)26-18(13-6-8-15(9-7-13)39(35,36)37)20(29)25-17-12-14-4-2-5-16(21(30)31)19(14)38-24(17)34/h2,4-9,17-18,34H,3,10-12H2,1H3,(H,25,29)(H,26,32)(H,30,31)(H2,35,36,37)/t17-,18?/m0/s1. The van der Waals surface area contributed by atoms with Gasteiger partial charge in [-0.15, -0.1) is 0 Å². The molecule has 5 amide bonds. The summed E-state index contributed by atoms with van der Waals surface area (Å²) in [6.07, 6.45) is 0.531. The van der Waals surface area contributed by atoms with E-state index in [9.17, 15) is 43.7 Å². The van der Waals surface area contributed by atoms with Crippen molar-refractivity contribution in [1.82, 2.24) is 20.4 Å². The number of nitrogens with zero attached hydrogens (tertiary/aromatic N) is 2. The number of carbonyl (C=O) groups is 4. The van der Waals surface area contributed by atoms with Crippen molar-refractivity contribution in [2.45, 2.75) is 24.8 Å². The quantitative estimate of drug-likeness (QED) is 0.203. The van der Waals surface area contributed by atoms with Gasteiger partial charge in [0.15, 0.2) is 0 Å². The second-order valence-electron chi connectivity index (χ2n) is 9.15. The van der Waals surface area contributed by atoms with Crippen LogP contribution >= 0.6 is 7.60 Å². The van der Waals surface area contributed by atoms with E-state index >= 15 is 0 Å². The summed E-state index contributed by atoms with van der Waals surface area (Å²) in [5.41, 5.74) is 0.428. The molecule has 39 heavy (non-hydrogen) atoms. The van der Waals surface area contributed by atoms with Crippen LogP contribution in [0.2, 0.25) is 0 Å². The number of carboxylic acid groups (broad SMARTS) is 1. The lowest BCUT2D eigenvalue weighted by atomic mass is 9.72. The highest BCUT2D eigenvalue weighted by atomic mass is 31.2. The molecule has 2 heterocycles. The molecule has 2 aliphatic heterocycles. The molecule has 0 aliphatic carbocycles. The first-order valence-electron chi connectivity index (χ1n) is 11.9. The van der Waals surface area contributed by atoms with Crippen molar-refractivity contribution in [2.75, 3.05) is 20.1 Å². The highest BCUT2D eigenvalue weighted by molar-refractivity contribution is 7.60. The molecule has 1 fully saturated rings. The van der Waals surface area contributed by atoms with Gasteiger partial charge in [-0.3, -0.25) is 9.36 Å². The average molecular weight is 560 g/mol. The zero-order valence-electron chi connectivity index (χ0n) is 20.7. The van der Waals surface area contributed by atoms with Crippen LogP contribution in [-0.2, 0) is 15.8 Å². The minimum absolute atomic E-state index is 0.0105. The van der Waals surface area contributed by atoms with Crippen LogP contribution in [0.15, 0.2) is 42.5 Å². The number of nitrogens with one attached hydrogen (secondary N) is 2. The SMILES string of the molecule is CN1CCCN(C(=O)NC(C(=O)N[C@H]2Cc3cccc(C(=O)O)c3OB2O)c2ccc(P(=O)(O)O)cc2)C1=O. The first-order valence-corrected chi connectivity index (χ1v) is 13.5. The smallest absolute Gasteiger partial charge is 0.534 e.